The zero-order valence-electron chi connectivity index (χ0n) is 9.88. The lowest BCUT2D eigenvalue weighted by Gasteiger charge is -2.08. The van der Waals surface area contributed by atoms with E-state index in [9.17, 15) is 8.78 Å². The van der Waals surface area contributed by atoms with Crippen molar-refractivity contribution in [1.29, 1.82) is 0 Å². The molecule has 2 rings (SSSR count). The monoisotopic (exact) mass is 264 g/mol. The molecule has 0 radical (unpaired) electrons. The van der Waals surface area contributed by atoms with E-state index in [1.807, 2.05) is 0 Å². The highest BCUT2D eigenvalue weighted by atomic mass is 19.1. The summed E-state index contributed by atoms with van der Waals surface area (Å²) < 4.78 is 31.1. The molecule has 0 atom stereocenters. The van der Waals surface area contributed by atoms with E-state index in [1.165, 1.54) is 0 Å². The van der Waals surface area contributed by atoms with Gasteiger partial charge in [0, 0.05) is 18.2 Å². The number of benzene rings is 2. The minimum absolute atomic E-state index is 0.0729. The normalized spacial score (nSPS) is 10.3. The summed E-state index contributed by atoms with van der Waals surface area (Å²) in [6.07, 6.45) is 0. The molecule has 19 heavy (non-hydrogen) atoms. The molecule has 0 spiro atoms. The van der Waals surface area contributed by atoms with Crippen LogP contribution < -0.4 is 10.2 Å². The Balaban J connectivity index is 2.07. The van der Waals surface area contributed by atoms with Gasteiger partial charge in [0.15, 0.2) is 0 Å². The Kier molecular flexibility index (Phi) is 4.14. The third-order valence-electron chi connectivity index (χ3n) is 2.49. The Labute approximate surface area is 109 Å². The van der Waals surface area contributed by atoms with Gasteiger partial charge in [0.1, 0.15) is 24.0 Å². The first-order chi connectivity index (χ1) is 9.04. The maximum atomic E-state index is 12.9. The third kappa shape index (κ3) is 3.77. The predicted molar refractivity (Wildman–Crippen MR) is 67.0 cm³/mol. The molecule has 0 aromatic heterocycles. The molecule has 0 aliphatic heterocycles. The first kappa shape index (κ1) is 13.5. The van der Waals surface area contributed by atoms with Crippen LogP contribution in [0.2, 0.25) is 0 Å². The highest BCUT2D eigenvalue weighted by Gasteiger charge is 2.11. The molecule has 3 nitrogen and oxygen atoms in total. The van der Waals surface area contributed by atoms with Gasteiger partial charge in [-0.15, -0.1) is 0 Å². The lowest BCUT2D eigenvalue weighted by molar-refractivity contribution is 0.302. The van der Waals surface area contributed by atoms with Gasteiger partial charge in [-0.05, 0) is 11.0 Å². The van der Waals surface area contributed by atoms with E-state index < -0.39 is 18.8 Å². The number of hydrogen-bond donors (Lipinski definition) is 2. The highest BCUT2D eigenvalue weighted by molar-refractivity contribution is 6.58. The van der Waals surface area contributed by atoms with Crippen LogP contribution in [0.25, 0.3) is 0 Å². The van der Waals surface area contributed by atoms with Crippen LogP contribution in [0, 0.1) is 11.6 Å². The third-order valence-corrected chi connectivity index (χ3v) is 2.49. The zero-order valence-corrected chi connectivity index (χ0v) is 9.88. The SMILES string of the molecule is OB(O)c1cccc(COc2cc(F)cc(F)c2)c1. The van der Waals surface area contributed by atoms with Crippen molar-refractivity contribution in [2.75, 3.05) is 0 Å². The van der Waals surface area contributed by atoms with Crippen LogP contribution in [0.3, 0.4) is 0 Å². The standard InChI is InChI=1S/C13H11BF2O3/c15-11-5-12(16)7-13(6-11)19-8-9-2-1-3-10(4-9)14(17)18/h1-7,17-18H,8H2. The van der Waals surface area contributed by atoms with E-state index in [-0.39, 0.29) is 12.4 Å². The average molecular weight is 264 g/mol. The quantitative estimate of drug-likeness (QED) is 0.816. The Morgan fingerprint density at radius 1 is 1.00 bits per heavy atom. The molecule has 0 bridgehead atoms. The fourth-order valence-corrected chi connectivity index (χ4v) is 1.62. The lowest BCUT2D eigenvalue weighted by atomic mass is 9.80. The summed E-state index contributed by atoms with van der Waals surface area (Å²) in [7, 11) is -1.56. The van der Waals surface area contributed by atoms with E-state index in [1.54, 1.807) is 24.3 Å². The average Bonchev–Trinajstić information content (AvgIpc) is 2.35. The van der Waals surface area contributed by atoms with Crippen LogP contribution in [-0.4, -0.2) is 17.2 Å². The molecular formula is C13H11BF2O3. The molecule has 0 aliphatic carbocycles. The maximum Gasteiger partial charge on any atom is 0.488 e. The summed E-state index contributed by atoms with van der Waals surface area (Å²) in [5.74, 6) is -1.35. The molecule has 2 aromatic carbocycles. The molecule has 0 saturated heterocycles. The van der Waals surface area contributed by atoms with Crippen LogP contribution in [0.4, 0.5) is 8.78 Å². The van der Waals surface area contributed by atoms with Crippen LogP contribution in [0.5, 0.6) is 5.75 Å². The second-order valence-electron chi connectivity index (χ2n) is 4.01. The second-order valence-corrected chi connectivity index (χ2v) is 4.01. The van der Waals surface area contributed by atoms with E-state index in [0.29, 0.717) is 11.0 Å². The summed E-state index contributed by atoms with van der Waals surface area (Å²) in [6, 6.07) is 9.36. The molecule has 0 unspecified atom stereocenters. The number of hydrogen-bond acceptors (Lipinski definition) is 3. The first-order valence-corrected chi connectivity index (χ1v) is 5.58. The summed E-state index contributed by atoms with van der Waals surface area (Å²) in [5.41, 5.74) is 0.988. The van der Waals surface area contributed by atoms with Gasteiger partial charge in [0.05, 0.1) is 0 Å². The van der Waals surface area contributed by atoms with Crippen LogP contribution in [0.15, 0.2) is 42.5 Å². The largest absolute Gasteiger partial charge is 0.489 e. The molecular weight excluding hydrogens is 253 g/mol. The Hall–Kier alpha value is -1.92. The van der Waals surface area contributed by atoms with Crippen molar-refractivity contribution >= 4 is 12.6 Å². The second kappa shape index (κ2) is 5.82. The van der Waals surface area contributed by atoms with Crippen molar-refractivity contribution in [2.24, 2.45) is 0 Å². The molecule has 0 heterocycles. The molecule has 0 aliphatic rings. The van der Waals surface area contributed by atoms with Crippen LogP contribution >= 0.6 is 0 Å². The van der Waals surface area contributed by atoms with Gasteiger partial charge >= 0.3 is 7.12 Å². The van der Waals surface area contributed by atoms with Crippen molar-refractivity contribution in [3.05, 3.63) is 59.7 Å². The summed E-state index contributed by atoms with van der Waals surface area (Å²) in [6.45, 7) is 0.0729. The minimum Gasteiger partial charge on any atom is -0.489 e. The lowest BCUT2D eigenvalue weighted by Crippen LogP contribution is -2.29. The summed E-state index contributed by atoms with van der Waals surface area (Å²) in [4.78, 5) is 0. The molecule has 0 amide bonds. The first-order valence-electron chi connectivity index (χ1n) is 5.58. The zero-order chi connectivity index (χ0) is 13.8. The van der Waals surface area contributed by atoms with Crippen molar-refractivity contribution in [3.63, 3.8) is 0 Å². The van der Waals surface area contributed by atoms with Gasteiger partial charge in [-0.3, -0.25) is 0 Å². The van der Waals surface area contributed by atoms with Crippen LogP contribution in [0.1, 0.15) is 5.56 Å². The number of halogens is 2. The van der Waals surface area contributed by atoms with E-state index >= 15 is 0 Å². The Morgan fingerprint density at radius 2 is 1.68 bits per heavy atom. The smallest absolute Gasteiger partial charge is 0.488 e. The van der Waals surface area contributed by atoms with Crippen LogP contribution in [-0.2, 0) is 6.61 Å². The van der Waals surface area contributed by atoms with E-state index in [4.69, 9.17) is 14.8 Å². The number of ether oxygens (including phenoxy) is 1. The summed E-state index contributed by atoms with van der Waals surface area (Å²) in [5, 5.41) is 18.0. The minimum atomic E-state index is -1.56. The maximum absolute atomic E-state index is 12.9. The molecule has 0 fully saturated rings. The van der Waals surface area contributed by atoms with Crippen molar-refractivity contribution < 1.29 is 23.6 Å². The van der Waals surface area contributed by atoms with Gasteiger partial charge in [-0.1, -0.05) is 24.3 Å². The topological polar surface area (TPSA) is 49.7 Å². The fourth-order valence-electron chi connectivity index (χ4n) is 1.62. The molecule has 2 aromatic rings. The van der Waals surface area contributed by atoms with Crippen molar-refractivity contribution in [1.82, 2.24) is 0 Å². The van der Waals surface area contributed by atoms with E-state index in [2.05, 4.69) is 0 Å². The van der Waals surface area contributed by atoms with Gasteiger partial charge in [-0.25, -0.2) is 8.78 Å². The fraction of sp³-hybridized carbons (Fsp3) is 0.0769. The molecule has 98 valence electrons. The number of rotatable bonds is 4. The van der Waals surface area contributed by atoms with E-state index in [0.717, 1.165) is 18.2 Å². The Bertz CT molecular complexity index is 555. The molecule has 0 saturated carbocycles. The highest BCUT2D eigenvalue weighted by Crippen LogP contribution is 2.16. The van der Waals surface area contributed by atoms with Crippen molar-refractivity contribution in [3.8, 4) is 5.75 Å². The van der Waals surface area contributed by atoms with Gasteiger partial charge < -0.3 is 14.8 Å². The van der Waals surface area contributed by atoms with Crippen molar-refractivity contribution in [2.45, 2.75) is 6.61 Å². The Morgan fingerprint density at radius 3 is 2.32 bits per heavy atom. The van der Waals surface area contributed by atoms with Gasteiger partial charge in [0.25, 0.3) is 0 Å². The molecule has 2 N–H and O–H groups in total. The predicted octanol–water partition coefficient (Wildman–Crippen LogP) is 1.22. The molecule has 6 heteroatoms. The van der Waals surface area contributed by atoms with Gasteiger partial charge in [0.2, 0.25) is 0 Å². The summed E-state index contributed by atoms with van der Waals surface area (Å²) >= 11 is 0. The van der Waals surface area contributed by atoms with Gasteiger partial charge in [-0.2, -0.15) is 0 Å².